The maximum absolute atomic E-state index is 12.3. The smallest absolute Gasteiger partial charge is 0.248 e. The molecule has 1 heterocycles. The molecule has 0 unspecified atom stereocenters. The minimum Gasteiger partial charge on any atom is -0.248 e. The van der Waals surface area contributed by atoms with Gasteiger partial charge in [-0.25, -0.2) is 18.2 Å². The Hall–Kier alpha value is -1.25. The predicted molar refractivity (Wildman–Crippen MR) is 79.9 cm³/mol. The van der Waals surface area contributed by atoms with Gasteiger partial charge in [-0.15, -0.1) is 5.10 Å². The van der Waals surface area contributed by atoms with Crippen molar-refractivity contribution >= 4 is 39.3 Å². The predicted octanol–water partition coefficient (Wildman–Crippen LogP) is 2.60. The Balaban J connectivity index is 2.37. The number of benzene rings is 1. The third kappa shape index (κ3) is 3.08. The number of H-pyrrole nitrogens is 1. The summed E-state index contributed by atoms with van der Waals surface area (Å²) in [5.41, 5.74) is 1.26. The van der Waals surface area contributed by atoms with Crippen molar-refractivity contribution in [3.05, 3.63) is 28.3 Å². The average Bonchev–Trinajstić information content (AvgIpc) is 2.80. The van der Waals surface area contributed by atoms with E-state index in [0.29, 0.717) is 21.3 Å². The maximum Gasteiger partial charge on any atom is 0.264 e. The van der Waals surface area contributed by atoms with E-state index in [-0.39, 0.29) is 10.8 Å². The van der Waals surface area contributed by atoms with Crippen molar-refractivity contribution in [3.63, 3.8) is 0 Å². The molecule has 0 fully saturated rings. The lowest BCUT2D eigenvalue weighted by Crippen LogP contribution is -2.15. The normalized spacial score (nSPS) is 11.6. The van der Waals surface area contributed by atoms with E-state index < -0.39 is 10.0 Å². The molecule has 0 saturated heterocycles. The van der Waals surface area contributed by atoms with Gasteiger partial charge in [-0.1, -0.05) is 23.4 Å². The molecule has 0 atom stereocenters. The highest BCUT2D eigenvalue weighted by molar-refractivity contribution is 7.98. The van der Waals surface area contributed by atoms with Gasteiger partial charge in [0.15, 0.2) is 0 Å². The molecule has 6 nitrogen and oxygen atoms in total. The molecule has 2 aromatic rings. The first-order chi connectivity index (χ1) is 9.33. The van der Waals surface area contributed by atoms with Crippen LogP contribution in [0.5, 0.6) is 0 Å². The highest BCUT2D eigenvalue weighted by Gasteiger charge is 2.20. The monoisotopic (exact) mass is 332 g/mol. The van der Waals surface area contributed by atoms with Crippen LogP contribution >= 0.6 is 23.4 Å². The molecule has 9 heteroatoms. The van der Waals surface area contributed by atoms with Crippen LogP contribution in [0.3, 0.4) is 0 Å². The van der Waals surface area contributed by atoms with Gasteiger partial charge in [0.2, 0.25) is 11.1 Å². The van der Waals surface area contributed by atoms with Crippen LogP contribution in [0.1, 0.15) is 11.1 Å². The van der Waals surface area contributed by atoms with Crippen molar-refractivity contribution in [2.24, 2.45) is 0 Å². The van der Waals surface area contributed by atoms with Crippen molar-refractivity contribution < 1.29 is 8.42 Å². The van der Waals surface area contributed by atoms with Gasteiger partial charge >= 0.3 is 0 Å². The van der Waals surface area contributed by atoms with Gasteiger partial charge < -0.3 is 0 Å². The summed E-state index contributed by atoms with van der Waals surface area (Å²) < 4.78 is 27.0. The summed E-state index contributed by atoms with van der Waals surface area (Å²) in [6, 6.07) is 3.16. The molecule has 0 bridgehead atoms. The first kappa shape index (κ1) is 15.1. The summed E-state index contributed by atoms with van der Waals surface area (Å²) in [6.07, 6.45) is 1.80. The highest BCUT2D eigenvalue weighted by atomic mass is 35.5. The Kier molecular flexibility index (Phi) is 4.26. The van der Waals surface area contributed by atoms with Crippen molar-refractivity contribution in [1.29, 1.82) is 0 Å². The van der Waals surface area contributed by atoms with E-state index in [1.165, 1.54) is 17.8 Å². The third-order valence-corrected chi connectivity index (χ3v) is 5.06. The molecule has 2 rings (SSSR count). The van der Waals surface area contributed by atoms with E-state index in [1.807, 2.05) is 0 Å². The molecule has 0 aliphatic heterocycles. The maximum atomic E-state index is 12.3. The number of nitrogens with zero attached hydrogens (tertiary/aromatic N) is 2. The Morgan fingerprint density at radius 3 is 2.60 bits per heavy atom. The summed E-state index contributed by atoms with van der Waals surface area (Å²) in [7, 11) is -3.73. The molecule has 1 aromatic carbocycles. The summed E-state index contributed by atoms with van der Waals surface area (Å²) in [5.74, 6) is 0.0846. The summed E-state index contributed by atoms with van der Waals surface area (Å²) in [5, 5.41) is 7.37. The van der Waals surface area contributed by atoms with Crippen molar-refractivity contribution in [2.45, 2.75) is 23.9 Å². The van der Waals surface area contributed by atoms with Crippen LogP contribution in [-0.2, 0) is 10.0 Å². The van der Waals surface area contributed by atoms with Crippen molar-refractivity contribution in [1.82, 2.24) is 15.2 Å². The zero-order valence-corrected chi connectivity index (χ0v) is 13.4. The molecule has 0 spiro atoms. The van der Waals surface area contributed by atoms with Gasteiger partial charge in [0.25, 0.3) is 10.0 Å². The first-order valence-electron chi connectivity index (χ1n) is 5.59. The Bertz CT molecular complexity index is 743. The van der Waals surface area contributed by atoms with E-state index in [0.717, 1.165) is 0 Å². The largest absolute Gasteiger partial charge is 0.264 e. The number of rotatable bonds is 4. The fourth-order valence-corrected chi connectivity index (χ4v) is 3.42. The number of sulfonamides is 1. The van der Waals surface area contributed by atoms with E-state index in [4.69, 9.17) is 11.6 Å². The summed E-state index contributed by atoms with van der Waals surface area (Å²) in [4.78, 5) is 4.16. The van der Waals surface area contributed by atoms with Gasteiger partial charge in [0.1, 0.15) is 0 Å². The Morgan fingerprint density at radius 2 is 2.00 bits per heavy atom. The average molecular weight is 333 g/mol. The number of anilines is 1. The molecular formula is C11H13ClN4O2S2. The van der Waals surface area contributed by atoms with E-state index in [2.05, 4.69) is 19.9 Å². The molecule has 0 saturated carbocycles. The standard InChI is InChI=1S/C11H13ClN4O2S2/c1-6-5-9(7(2)4-8(6)12)20(17,18)16-10-13-11(19-3)15-14-10/h4-5H,1-3H3,(H2,13,14,15,16). The molecule has 0 aliphatic rings. The van der Waals surface area contributed by atoms with E-state index in [1.54, 1.807) is 26.2 Å². The zero-order chi connectivity index (χ0) is 14.9. The SMILES string of the molecule is CSc1n[nH]c(NS(=O)(=O)c2cc(C)c(Cl)cc2C)n1. The lowest BCUT2D eigenvalue weighted by molar-refractivity contribution is 0.600. The molecule has 2 N–H and O–H groups in total. The lowest BCUT2D eigenvalue weighted by atomic mass is 10.2. The molecule has 0 radical (unpaired) electrons. The molecular weight excluding hydrogens is 320 g/mol. The Morgan fingerprint density at radius 1 is 1.30 bits per heavy atom. The van der Waals surface area contributed by atoms with Crippen LogP contribution in [0.4, 0.5) is 5.95 Å². The van der Waals surface area contributed by atoms with Crippen LogP contribution in [0, 0.1) is 13.8 Å². The number of aromatic nitrogens is 3. The minimum absolute atomic E-state index is 0.0846. The number of nitrogens with one attached hydrogen (secondary N) is 2. The second-order valence-corrected chi connectivity index (χ2v) is 6.97. The summed E-state index contributed by atoms with van der Waals surface area (Å²) >= 11 is 7.29. The van der Waals surface area contributed by atoms with Crippen LogP contribution in [0.25, 0.3) is 0 Å². The Labute approximate surface area is 126 Å². The lowest BCUT2D eigenvalue weighted by Gasteiger charge is -2.10. The number of thioether (sulfide) groups is 1. The first-order valence-corrected chi connectivity index (χ1v) is 8.68. The minimum atomic E-state index is -3.73. The van der Waals surface area contributed by atoms with Crippen LogP contribution in [0.15, 0.2) is 22.2 Å². The highest BCUT2D eigenvalue weighted by Crippen LogP contribution is 2.25. The molecule has 0 aliphatic carbocycles. The molecule has 20 heavy (non-hydrogen) atoms. The number of aryl methyl sites for hydroxylation is 2. The van der Waals surface area contributed by atoms with E-state index in [9.17, 15) is 8.42 Å². The molecule has 1 aromatic heterocycles. The van der Waals surface area contributed by atoms with Crippen molar-refractivity contribution in [3.8, 4) is 0 Å². The van der Waals surface area contributed by atoms with Crippen LogP contribution in [-0.4, -0.2) is 29.9 Å². The van der Waals surface area contributed by atoms with Crippen LogP contribution in [0.2, 0.25) is 5.02 Å². The topological polar surface area (TPSA) is 87.7 Å². The quantitative estimate of drug-likeness (QED) is 0.840. The molecule has 0 amide bonds. The van der Waals surface area contributed by atoms with Gasteiger partial charge in [0, 0.05) is 5.02 Å². The zero-order valence-electron chi connectivity index (χ0n) is 11.1. The van der Waals surface area contributed by atoms with Gasteiger partial charge in [-0.3, -0.25) is 0 Å². The van der Waals surface area contributed by atoms with Crippen molar-refractivity contribution in [2.75, 3.05) is 11.0 Å². The second kappa shape index (κ2) is 5.63. The van der Waals surface area contributed by atoms with Gasteiger partial charge in [-0.2, -0.15) is 4.98 Å². The number of aromatic amines is 1. The van der Waals surface area contributed by atoms with E-state index >= 15 is 0 Å². The number of hydrogen-bond acceptors (Lipinski definition) is 5. The van der Waals surface area contributed by atoms with Crippen LogP contribution < -0.4 is 4.72 Å². The number of halogens is 1. The number of hydrogen-bond donors (Lipinski definition) is 2. The van der Waals surface area contributed by atoms with Gasteiger partial charge in [-0.05, 0) is 43.4 Å². The fraction of sp³-hybridized carbons (Fsp3) is 0.273. The molecule has 108 valence electrons. The fourth-order valence-electron chi connectivity index (χ4n) is 1.61. The third-order valence-electron chi connectivity index (χ3n) is 2.62. The van der Waals surface area contributed by atoms with Gasteiger partial charge in [0.05, 0.1) is 4.90 Å². The summed E-state index contributed by atoms with van der Waals surface area (Å²) in [6.45, 7) is 3.44. The second-order valence-electron chi connectivity index (χ2n) is 4.14.